The third-order valence-electron chi connectivity index (χ3n) is 1.79. The van der Waals surface area contributed by atoms with E-state index >= 15 is 0 Å². The Balaban J connectivity index is 3.10. The van der Waals surface area contributed by atoms with Gasteiger partial charge in [0.2, 0.25) is 0 Å². The number of alkyl carbamates (subject to hydrolysis) is 1. The van der Waals surface area contributed by atoms with Gasteiger partial charge in [0.1, 0.15) is 0 Å². The van der Waals surface area contributed by atoms with Crippen molar-refractivity contribution in [1.29, 1.82) is 0 Å². The zero-order chi connectivity index (χ0) is 14.3. The summed E-state index contributed by atoms with van der Waals surface area (Å²) >= 11 is -2.25. The first kappa shape index (κ1) is 18.3. The molecule has 1 amide bonds. The third-order valence-corrected chi connectivity index (χ3v) is 2.23. The molecule has 0 rings (SSSR count). The van der Waals surface area contributed by atoms with Crippen LogP contribution in [0.3, 0.4) is 0 Å². The van der Waals surface area contributed by atoms with Gasteiger partial charge in [-0.3, -0.25) is 4.21 Å². The van der Waals surface area contributed by atoms with Crippen molar-refractivity contribution in [2.75, 3.05) is 46.1 Å². The number of amides is 1. The molecule has 0 aliphatic heterocycles. The monoisotopic (exact) mass is 297 g/mol. The van der Waals surface area contributed by atoms with Gasteiger partial charge in [0.05, 0.1) is 33.0 Å². The second-order valence-corrected chi connectivity index (χ2v) is 4.17. The predicted octanol–water partition coefficient (Wildman–Crippen LogP) is -0.460. The highest BCUT2D eigenvalue weighted by Crippen LogP contribution is 1.82. The molecule has 0 saturated carbocycles. The molecule has 1 unspecified atom stereocenters. The largest absolute Gasteiger partial charge is 0.760 e. The number of rotatable bonds is 12. The maximum atomic E-state index is 11.0. The highest BCUT2D eigenvalue weighted by atomic mass is 32.2. The Kier molecular flexibility index (Phi) is 13.2. The van der Waals surface area contributed by atoms with Crippen LogP contribution in [0.2, 0.25) is 0 Å². The van der Waals surface area contributed by atoms with Crippen LogP contribution < -0.4 is 10.0 Å². The topological polar surface area (TPSA) is 109 Å². The van der Waals surface area contributed by atoms with E-state index in [1.165, 1.54) is 0 Å². The summed E-state index contributed by atoms with van der Waals surface area (Å²) in [5.74, 6) is 0. The summed E-state index contributed by atoms with van der Waals surface area (Å²) in [6.07, 6.45) is 0.342. The van der Waals surface area contributed by atoms with Crippen molar-refractivity contribution in [3.63, 3.8) is 0 Å². The fourth-order valence-corrected chi connectivity index (χ4v) is 1.24. The molecule has 9 heteroatoms. The second-order valence-electron chi connectivity index (χ2n) is 3.42. The summed E-state index contributed by atoms with van der Waals surface area (Å²) < 4.78 is 37.4. The molecule has 0 spiro atoms. The van der Waals surface area contributed by atoms with Crippen LogP contribution in [0, 0.1) is 0 Å². The molecule has 0 aliphatic carbocycles. The van der Waals surface area contributed by atoms with Gasteiger partial charge < -0.3 is 24.1 Å². The first-order chi connectivity index (χ1) is 9.16. The Labute approximate surface area is 115 Å². The minimum atomic E-state index is -2.25. The van der Waals surface area contributed by atoms with E-state index in [4.69, 9.17) is 14.2 Å². The molecule has 1 atom stereocenters. The average molecular weight is 297 g/mol. The lowest BCUT2D eigenvalue weighted by molar-refractivity contribution is 0.0505. The number of hydrogen-bond donors (Lipinski definition) is 2. The summed E-state index contributed by atoms with van der Waals surface area (Å²) in [5, 5.41) is 2.54. The highest BCUT2D eigenvalue weighted by molar-refractivity contribution is 7.77. The van der Waals surface area contributed by atoms with Gasteiger partial charge in [-0.2, -0.15) is 0 Å². The summed E-state index contributed by atoms with van der Waals surface area (Å²) in [4.78, 5) is 11.0. The maximum Gasteiger partial charge on any atom is 0.407 e. The number of carbonyl (C=O) groups is 1. The van der Waals surface area contributed by atoms with Crippen molar-refractivity contribution >= 4 is 17.4 Å². The standard InChI is InChI=1S/C10H22N2O6S/c1-2-5-18-10(13)11-3-6-16-8-9-17-7-4-12-19(14)15/h12H,2-9H2,1H3,(H,11,13)(H,14,15)/p-1. The average Bonchev–Trinajstić information content (AvgIpc) is 2.38. The van der Waals surface area contributed by atoms with Gasteiger partial charge in [-0.1, -0.05) is 6.92 Å². The minimum Gasteiger partial charge on any atom is -0.760 e. The van der Waals surface area contributed by atoms with E-state index in [0.717, 1.165) is 6.42 Å². The van der Waals surface area contributed by atoms with Gasteiger partial charge >= 0.3 is 6.09 Å². The van der Waals surface area contributed by atoms with Crippen molar-refractivity contribution < 1.29 is 27.8 Å². The molecular weight excluding hydrogens is 276 g/mol. The number of hydrogen-bond acceptors (Lipinski definition) is 6. The SMILES string of the molecule is CCCOC(=O)NCCOCCOCCNS(=O)[O-]. The fraction of sp³-hybridized carbons (Fsp3) is 0.900. The zero-order valence-corrected chi connectivity index (χ0v) is 11.8. The molecular formula is C10H21N2O6S-. The van der Waals surface area contributed by atoms with Crippen LogP contribution in [-0.2, 0) is 25.5 Å². The Morgan fingerprint density at radius 1 is 1.11 bits per heavy atom. The van der Waals surface area contributed by atoms with E-state index in [0.29, 0.717) is 39.6 Å². The molecule has 0 aromatic heterocycles. The second kappa shape index (κ2) is 13.7. The van der Waals surface area contributed by atoms with Crippen LogP contribution in [0.4, 0.5) is 4.79 Å². The van der Waals surface area contributed by atoms with Crippen molar-refractivity contribution in [3.8, 4) is 0 Å². The zero-order valence-electron chi connectivity index (χ0n) is 11.0. The molecule has 0 aliphatic rings. The highest BCUT2D eigenvalue weighted by Gasteiger charge is 1.99. The van der Waals surface area contributed by atoms with E-state index in [-0.39, 0.29) is 6.54 Å². The van der Waals surface area contributed by atoms with Crippen LogP contribution in [0.1, 0.15) is 13.3 Å². The molecule has 2 N–H and O–H groups in total. The molecule has 0 radical (unpaired) electrons. The third kappa shape index (κ3) is 15.2. The lowest BCUT2D eigenvalue weighted by Crippen LogP contribution is -2.28. The minimum absolute atomic E-state index is 0.237. The van der Waals surface area contributed by atoms with Crippen molar-refractivity contribution in [3.05, 3.63) is 0 Å². The van der Waals surface area contributed by atoms with Crippen LogP contribution in [0.15, 0.2) is 0 Å². The van der Waals surface area contributed by atoms with Gasteiger partial charge in [0.15, 0.2) is 0 Å². The molecule has 0 bridgehead atoms. The van der Waals surface area contributed by atoms with Gasteiger partial charge in [-0.25, -0.2) is 9.52 Å². The summed E-state index contributed by atoms with van der Waals surface area (Å²) in [5.41, 5.74) is 0. The lowest BCUT2D eigenvalue weighted by atomic mass is 10.5. The van der Waals surface area contributed by atoms with Gasteiger partial charge in [0.25, 0.3) is 0 Å². The lowest BCUT2D eigenvalue weighted by Gasteiger charge is -2.08. The molecule has 8 nitrogen and oxygen atoms in total. The Bertz CT molecular complexity index is 254. The number of carbonyl (C=O) groups excluding carboxylic acids is 1. The summed E-state index contributed by atoms with van der Waals surface area (Å²) in [7, 11) is 0. The normalized spacial score (nSPS) is 12.1. The van der Waals surface area contributed by atoms with Crippen molar-refractivity contribution in [1.82, 2.24) is 10.0 Å². The van der Waals surface area contributed by atoms with E-state index in [1.54, 1.807) is 0 Å². The number of nitrogens with one attached hydrogen (secondary N) is 2. The fourth-order valence-electron chi connectivity index (χ4n) is 0.990. The maximum absolute atomic E-state index is 11.0. The quantitative estimate of drug-likeness (QED) is 0.373. The van der Waals surface area contributed by atoms with E-state index in [1.807, 2.05) is 6.92 Å². The Hall–Kier alpha value is -0.740. The molecule has 0 heterocycles. The summed E-state index contributed by atoms with van der Waals surface area (Å²) in [6.45, 7) is 4.34. The van der Waals surface area contributed by atoms with Crippen LogP contribution in [-0.4, -0.2) is 61.0 Å². The van der Waals surface area contributed by atoms with Gasteiger partial charge in [-0.15, -0.1) is 0 Å². The number of ether oxygens (including phenoxy) is 3. The molecule has 0 aromatic carbocycles. The van der Waals surface area contributed by atoms with E-state index in [2.05, 4.69) is 10.0 Å². The van der Waals surface area contributed by atoms with Crippen molar-refractivity contribution in [2.45, 2.75) is 13.3 Å². The van der Waals surface area contributed by atoms with Crippen molar-refractivity contribution in [2.24, 2.45) is 0 Å². The predicted molar refractivity (Wildman–Crippen MR) is 68.2 cm³/mol. The van der Waals surface area contributed by atoms with E-state index < -0.39 is 17.4 Å². The Morgan fingerprint density at radius 3 is 2.32 bits per heavy atom. The first-order valence-electron chi connectivity index (χ1n) is 6.05. The van der Waals surface area contributed by atoms with Crippen LogP contribution >= 0.6 is 0 Å². The molecule has 19 heavy (non-hydrogen) atoms. The van der Waals surface area contributed by atoms with Gasteiger partial charge in [-0.05, 0) is 6.42 Å². The van der Waals surface area contributed by atoms with E-state index in [9.17, 15) is 13.6 Å². The molecule has 0 fully saturated rings. The Morgan fingerprint density at radius 2 is 1.74 bits per heavy atom. The molecule has 114 valence electrons. The first-order valence-corrected chi connectivity index (χ1v) is 7.13. The van der Waals surface area contributed by atoms with Crippen LogP contribution in [0.25, 0.3) is 0 Å². The van der Waals surface area contributed by atoms with Gasteiger partial charge in [0, 0.05) is 24.4 Å². The smallest absolute Gasteiger partial charge is 0.407 e. The summed E-state index contributed by atoms with van der Waals surface area (Å²) in [6, 6.07) is 0. The molecule has 0 aromatic rings. The van der Waals surface area contributed by atoms with Crippen LogP contribution in [0.5, 0.6) is 0 Å². The molecule has 0 saturated heterocycles.